The van der Waals surface area contributed by atoms with Crippen LogP contribution in [0, 0.1) is 5.92 Å². The van der Waals surface area contributed by atoms with Crippen LogP contribution in [-0.4, -0.2) is 36.4 Å². The van der Waals surface area contributed by atoms with Crippen LogP contribution in [0.25, 0.3) is 0 Å². The number of hydrogen-bond acceptors (Lipinski definition) is 7. The van der Waals surface area contributed by atoms with E-state index in [-0.39, 0.29) is 39.3 Å². The van der Waals surface area contributed by atoms with Crippen molar-refractivity contribution in [2.24, 2.45) is 11.7 Å². The van der Waals surface area contributed by atoms with Crippen molar-refractivity contribution in [3.63, 3.8) is 0 Å². The molecule has 184 valence electrons. The van der Waals surface area contributed by atoms with Crippen LogP contribution in [0.2, 0.25) is 5.02 Å². The van der Waals surface area contributed by atoms with E-state index in [9.17, 15) is 13.2 Å². The second-order valence-corrected chi connectivity index (χ2v) is 11.6. The molecule has 0 radical (unpaired) electrons. The summed E-state index contributed by atoms with van der Waals surface area (Å²) in [4.78, 5) is 22.9. The molecule has 2 aromatic heterocycles. The Kier molecular flexibility index (Phi) is 6.75. The lowest BCUT2D eigenvalue weighted by molar-refractivity contribution is 0.0997. The first-order chi connectivity index (χ1) is 16.5. The number of nitrogens with two attached hydrogens (primary N) is 1. The van der Waals surface area contributed by atoms with Crippen molar-refractivity contribution in [1.29, 1.82) is 0 Å². The van der Waals surface area contributed by atoms with Gasteiger partial charge in [-0.25, -0.2) is 18.4 Å². The minimum absolute atomic E-state index is 0.130. The fourth-order valence-corrected chi connectivity index (χ4v) is 6.05. The van der Waals surface area contributed by atoms with Crippen molar-refractivity contribution in [1.82, 2.24) is 9.97 Å². The summed E-state index contributed by atoms with van der Waals surface area (Å²) in [6, 6.07) is 12.8. The summed E-state index contributed by atoms with van der Waals surface area (Å²) in [5.74, 6) is -0.116. The third-order valence-electron chi connectivity index (χ3n) is 6.03. The lowest BCUT2D eigenvalue weighted by Crippen LogP contribution is -2.40. The number of benzene rings is 1. The number of ether oxygens (including phenoxy) is 1. The van der Waals surface area contributed by atoms with E-state index in [1.54, 1.807) is 30.3 Å². The molecule has 0 spiro atoms. The predicted molar refractivity (Wildman–Crippen MR) is 133 cm³/mol. The van der Waals surface area contributed by atoms with E-state index in [1.165, 1.54) is 24.4 Å². The van der Waals surface area contributed by atoms with E-state index < -0.39 is 15.7 Å². The topological polar surface area (TPSA) is 115 Å². The fourth-order valence-electron chi connectivity index (χ4n) is 4.53. The number of nitrogens with zero attached hydrogens (tertiary/aromatic N) is 3. The van der Waals surface area contributed by atoms with Gasteiger partial charge in [0, 0.05) is 29.4 Å². The molecule has 1 aliphatic rings. The molecule has 1 saturated heterocycles. The highest BCUT2D eigenvalue weighted by Crippen LogP contribution is 2.39. The van der Waals surface area contributed by atoms with Crippen LogP contribution in [0.3, 0.4) is 0 Å². The van der Waals surface area contributed by atoms with Gasteiger partial charge in [-0.1, -0.05) is 36.7 Å². The van der Waals surface area contributed by atoms with Crippen LogP contribution in [0.1, 0.15) is 43.1 Å². The van der Waals surface area contributed by atoms with Gasteiger partial charge in [0.2, 0.25) is 15.7 Å². The average Bonchev–Trinajstić information content (AvgIpc) is 3.09. The minimum Gasteiger partial charge on any atom is -0.473 e. The van der Waals surface area contributed by atoms with Crippen LogP contribution in [-0.2, 0) is 16.4 Å². The Balaban J connectivity index is 1.70. The third-order valence-corrected chi connectivity index (χ3v) is 7.98. The third kappa shape index (κ3) is 5.11. The van der Waals surface area contributed by atoms with Gasteiger partial charge in [0.15, 0.2) is 5.03 Å². The summed E-state index contributed by atoms with van der Waals surface area (Å²) < 4.78 is 33.0. The number of sulfone groups is 1. The normalized spacial score (nSPS) is 17.4. The molecule has 1 amide bonds. The number of pyridine rings is 2. The summed E-state index contributed by atoms with van der Waals surface area (Å²) in [7, 11) is -4.20. The van der Waals surface area contributed by atoms with E-state index in [0.717, 1.165) is 12.0 Å². The number of anilines is 1. The Morgan fingerprint density at radius 1 is 1.20 bits per heavy atom. The number of carbonyl (C=O) groups excluding carboxylic acids is 1. The summed E-state index contributed by atoms with van der Waals surface area (Å²) in [6.45, 7) is 6.99. The monoisotopic (exact) mass is 514 g/mol. The standard InChI is InChI=1S/C25H27ClN4O4S/c1-16-13-25(2,3)30(14-16)24-22(23(27)31)19(11-12-28-24)35(32,33)21-6-4-5-20(29-21)34-15-17-7-9-18(26)10-8-17/h4-12,16H,13-15H2,1-3H3,(H2,27,31). The van der Waals surface area contributed by atoms with Crippen molar-refractivity contribution in [3.8, 4) is 5.88 Å². The van der Waals surface area contributed by atoms with Gasteiger partial charge in [-0.2, -0.15) is 0 Å². The summed E-state index contributed by atoms with van der Waals surface area (Å²) in [5, 5.41) is 0.355. The Morgan fingerprint density at radius 2 is 1.91 bits per heavy atom. The minimum atomic E-state index is -4.20. The summed E-state index contributed by atoms with van der Waals surface area (Å²) in [6.07, 6.45) is 2.26. The average molecular weight is 515 g/mol. The number of primary amides is 1. The van der Waals surface area contributed by atoms with Gasteiger partial charge in [-0.05, 0) is 56.0 Å². The number of carbonyl (C=O) groups is 1. The van der Waals surface area contributed by atoms with Gasteiger partial charge >= 0.3 is 0 Å². The maximum atomic E-state index is 13.6. The second-order valence-electron chi connectivity index (χ2n) is 9.34. The zero-order chi connectivity index (χ0) is 25.4. The molecule has 1 fully saturated rings. The first-order valence-corrected chi connectivity index (χ1v) is 13.0. The van der Waals surface area contributed by atoms with E-state index >= 15 is 0 Å². The van der Waals surface area contributed by atoms with Crippen molar-refractivity contribution in [2.75, 3.05) is 11.4 Å². The Morgan fingerprint density at radius 3 is 2.54 bits per heavy atom. The van der Waals surface area contributed by atoms with Crippen molar-refractivity contribution in [2.45, 2.75) is 49.3 Å². The van der Waals surface area contributed by atoms with E-state index in [4.69, 9.17) is 22.1 Å². The maximum absolute atomic E-state index is 13.6. The first-order valence-electron chi connectivity index (χ1n) is 11.1. The number of halogens is 1. The molecule has 1 unspecified atom stereocenters. The van der Waals surface area contributed by atoms with Crippen LogP contribution in [0.5, 0.6) is 5.88 Å². The number of hydrogen-bond donors (Lipinski definition) is 1. The Labute approximate surface area is 210 Å². The van der Waals surface area contributed by atoms with Gasteiger partial charge in [-0.15, -0.1) is 0 Å². The van der Waals surface area contributed by atoms with E-state index in [0.29, 0.717) is 17.5 Å². The first kappa shape index (κ1) is 24.9. The molecule has 0 aliphatic carbocycles. The molecule has 2 N–H and O–H groups in total. The Bertz CT molecular complexity index is 1360. The molecule has 1 aromatic carbocycles. The molecule has 1 atom stereocenters. The lowest BCUT2D eigenvalue weighted by atomic mass is 9.97. The zero-order valence-corrected chi connectivity index (χ0v) is 21.3. The quantitative estimate of drug-likeness (QED) is 0.500. The molecule has 3 aromatic rings. The molecular weight excluding hydrogens is 488 g/mol. The van der Waals surface area contributed by atoms with Crippen LogP contribution >= 0.6 is 11.6 Å². The SMILES string of the molecule is CC1CN(c2nccc(S(=O)(=O)c3cccc(OCc4ccc(Cl)cc4)n3)c2C(N)=O)C(C)(C)C1. The molecule has 3 heterocycles. The van der Waals surface area contributed by atoms with Gasteiger partial charge < -0.3 is 15.4 Å². The summed E-state index contributed by atoms with van der Waals surface area (Å²) in [5.41, 5.74) is 6.11. The molecule has 4 rings (SSSR count). The van der Waals surface area contributed by atoms with Crippen LogP contribution in [0.4, 0.5) is 5.82 Å². The highest BCUT2D eigenvalue weighted by molar-refractivity contribution is 7.91. The van der Waals surface area contributed by atoms with Crippen molar-refractivity contribution >= 4 is 33.2 Å². The second kappa shape index (κ2) is 9.47. The lowest BCUT2D eigenvalue weighted by Gasteiger charge is -2.33. The highest BCUT2D eigenvalue weighted by Gasteiger charge is 2.40. The molecule has 8 nitrogen and oxygen atoms in total. The van der Waals surface area contributed by atoms with Gasteiger partial charge in [0.1, 0.15) is 18.0 Å². The molecule has 1 aliphatic heterocycles. The van der Waals surface area contributed by atoms with E-state index in [1.807, 2.05) is 18.7 Å². The van der Waals surface area contributed by atoms with E-state index in [2.05, 4.69) is 16.9 Å². The Hall–Kier alpha value is -3.17. The zero-order valence-electron chi connectivity index (χ0n) is 19.7. The highest BCUT2D eigenvalue weighted by atomic mass is 35.5. The van der Waals surface area contributed by atoms with Crippen molar-refractivity contribution in [3.05, 3.63) is 70.9 Å². The molecule has 35 heavy (non-hydrogen) atoms. The number of aromatic nitrogens is 2. The largest absolute Gasteiger partial charge is 0.473 e. The van der Waals surface area contributed by atoms with Gasteiger partial charge in [-0.3, -0.25) is 4.79 Å². The van der Waals surface area contributed by atoms with Crippen molar-refractivity contribution < 1.29 is 17.9 Å². The van der Waals surface area contributed by atoms with Crippen LogP contribution in [0.15, 0.2) is 64.6 Å². The fraction of sp³-hybridized carbons (Fsp3) is 0.320. The number of rotatable bonds is 7. The smallest absolute Gasteiger partial charge is 0.253 e. The predicted octanol–water partition coefficient (Wildman–Crippen LogP) is 4.27. The molecular formula is C25H27ClN4O4S. The van der Waals surface area contributed by atoms with Crippen LogP contribution < -0.4 is 15.4 Å². The molecule has 10 heteroatoms. The maximum Gasteiger partial charge on any atom is 0.253 e. The molecule has 0 bridgehead atoms. The van der Waals surface area contributed by atoms with Gasteiger partial charge in [0.05, 0.1) is 4.90 Å². The van der Waals surface area contributed by atoms with Gasteiger partial charge in [0.25, 0.3) is 5.91 Å². The molecule has 0 saturated carbocycles. The summed E-state index contributed by atoms with van der Waals surface area (Å²) >= 11 is 5.91. The number of amides is 1.